The minimum absolute atomic E-state index is 0. The van der Waals surface area contributed by atoms with E-state index in [1.807, 2.05) is 0 Å². The van der Waals surface area contributed by atoms with Gasteiger partial charge in [0.05, 0.1) is 0 Å². The topological polar surface area (TPSA) is 15.8 Å². The molecule has 24 heavy (non-hydrogen) atoms. The van der Waals surface area contributed by atoms with Crippen LogP contribution in [0.15, 0.2) is 60.7 Å². The molecule has 1 atom stereocenters. The van der Waals surface area contributed by atoms with Crippen LogP contribution in [-0.2, 0) is 21.3 Å². The van der Waals surface area contributed by atoms with Crippen LogP contribution in [0.4, 0.5) is 0 Å². The van der Waals surface area contributed by atoms with E-state index in [2.05, 4.69) is 85.6 Å². The van der Waals surface area contributed by atoms with Crippen molar-refractivity contribution in [3.63, 3.8) is 0 Å². The van der Waals surface area contributed by atoms with Gasteiger partial charge < -0.3 is 24.8 Å². The molecule has 0 bridgehead atoms. The molecule has 1 aromatic heterocycles. The summed E-state index contributed by atoms with van der Waals surface area (Å²) in [6.07, 6.45) is 4.75. The van der Waals surface area contributed by atoms with E-state index in [0.717, 1.165) is 0 Å². The molecule has 1 heterocycles. The second-order valence-electron chi connectivity index (χ2n) is 6.15. The van der Waals surface area contributed by atoms with Crippen LogP contribution >= 0.6 is 0 Å². The molecular weight excluding hydrogens is 416 g/mol. The zero-order chi connectivity index (χ0) is 15.1. The molecule has 0 spiro atoms. The Morgan fingerprint density at radius 3 is 2.42 bits per heavy atom. The third kappa shape index (κ3) is 3.38. The SMILES string of the molecule is C[C](C)=[Zr+2]([c]1cc2ccccc2[nH]1)[CH]1C=Cc2ccccc21.[Cl-].[Cl-]. The van der Waals surface area contributed by atoms with Gasteiger partial charge in [-0.1, -0.05) is 0 Å². The Morgan fingerprint density at radius 2 is 1.67 bits per heavy atom. The van der Waals surface area contributed by atoms with Gasteiger partial charge in [0.15, 0.2) is 0 Å². The molecule has 0 fully saturated rings. The first-order chi connectivity index (χ1) is 10.7. The van der Waals surface area contributed by atoms with Crippen molar-refractivity contribution < 1.29 is 46.1 Å². The summed E-state index contributed by atoms with van der Waals surface area (Å²) in [7, 11) is 0. The summed E-state index contributed by atoms with van der Waals surface area (Å²) >= 11 is -1.94. The fourth-order valence-electron chi connectivity index (χ4n) is 3.47. The Balaban J connectivity index is 0.00000104. The Morgan fingerprint density at radius 1 is 0.958 bits per heavy atom. The molecule has 0 radical (unpaired) electrons. The van der Waals surface area contributed by atoms with E-state index in [0.29, 0.717) is 3.63 Å². The summed E-state index contributed by atoms with van der Waals surface area (Å²) in [5.41, 5.74) is 4.20. The van der Waals surface area contributed by atoms with Crippen molar-refractivity contribution in [2.24, 2.45) is 0 Å². The van der Waals surface area contributed by atoms with Crippen LogP contribution in [0.25, 0.3) is 17.0 Å². The maximum Gasteiger partial charge on any atom is -1.00 e. The van der Waals surface area contributed by atoms with Crippen LogP contribution in [0, 0.1) is 0 Å². The van der Waals surface area contributed by atoms with Crippen LogP contribution in [0.5, 0.6) is 0 Å². The molecule has 0 amide bonds. The molecule has 1 nitrogen and oxygen atoms in total. The number of halogens is 2. The van der Waals surface area contributed by atoms with Crippen molar-refractivity contribution in [3.05, 3.63) is 71.8 Å². The number of H-pyrrole nitrogens is 1. The summed E-state index contributed by atoms with van der Waals surface area (Å²) in [5.74, 6) is 0. The molecule has 4 rings (SSSR count). The van der Waals surface area contributed by atoms with Crippen molar-refractivity contribution in [2.75, 3.05) is 0 Å². The first-order valence-corrected chi connectivity index (χ1v) is 11.6. The molecular formula is C20H19Cl2NZr. The van der Waals surface area contributed by atoms with E-state index >= 15 is 0 Å². The van der Waals surface area contributed by atoms with Crippen molar-refractivity contribution in [1.29, 1.82) is 0 Å². The van der Waals surface area contributed by atoms with Crippen molar-refractivity contribution in [1.82, 2.24) is 4.98 Å². The fraction of sp³-hybridized carbons (Fsp3) is 0.150. The predicted octanol–water partition coefficient (Wildman–Crippen LogP) is -1.60. The average molecular weight is 436 g/mol. The summed E-state index contributed by atoms with van der Waals surface area (Å²) in [6, 6.07) is 19.9. The van der Waals surface area contributed by atoms with E-state index in [-0.39, 0.29) is 24.8 Å². The average Bonchev–Trinajstić information content (AvgIpc) is 3.12. The van der Waals surface area contributed by atoms with Gasteiger partial charge in [0.2, 0.25) is 0 Å². The summed E-state index contributed by atoms with van der Waals surface area (Å²) in [5, 5.41) is 1.34. The Bertz CT molecular complexity index is 887. The van der Waals surface area contributed by atoms with Crippen molar-refractivity contribution in [3.8, 4) is 0 Å². The number of hydrogen-bond acceptors (Lipinski definition) is 0. The second-order valence-corrected chi connectivity index (χ2v) is 13.5. The molecule has 3 aromatic rings. The van der Waals surface area contributed by atoms with Crippen LogP contribution in [0.3, 0.4) is 0 Å². The van der Waals surface area contributed by atoms with Crippen LogP contribution in [0.1, 0.15) is 28.6 Å². The first kappa shape index (κ1) is 19.4. The quantitative estimate of drug-likeness (QED) is 0.499. The molecule has 1 N–H and O–H groups in total. The van der Waals surface area contributed by atoms with Gasteiger partial charge in [-0.3, -0.25) is 0 Å². The number of hydrogen-bond donors (Lipinski definition) is 1. The van der Waals surface area contributed by atoms with E-state index < -0.39 is 21.3 Å². The zero-order valence-electron chi connectivity index (χ0n) is 13.7. The second kappa shape index (κ2) is 7.96. The molecule has 4 heteroatoms. The minimum Gasteiger partial charge on any atom is -1.00 e. The summed E-state index contributed by atoms with van der Waals surface area (Å²) in [6.45, 7) is 4.66. The number of aromatic amines is 1. The summed E-state index contributed by atoms with van der Waals surface area (Å²) < 4.78 is 3.77. The number of benzene rings is 2. The van der Waals surface area contributed by atoms with Crippen LogP contribution < -0.4 is 28.2 Å². The molecule has 1 unspecified atom stereocenters. The molecule has 1 aliphatic rings. The van der Waals surface area contributed by atoms with Gasteiger partial charge >= 0.3 is 139 Å². The zero-order valence-corrected chi connectivity index (χ0v) is 17.7. The van der Waals surface area contributed by atoms with Gasteiger partial charge in [0.1, 0.15) is 0 Å². The van der Waals surface area contributed by atoms with Gasteiger partial charge in [-0.15, -0.1) is 0 Å². The van der Waals surface area contributed by atoms with E-state index in [4.69, 9.17) is 0 Å². The van der Waals surface area contributed by atoms with Gasteiger partial charge in [0.25, 0.3) is 0 Å². The number of allylic oxidation sites excluding steroid dienone is 1. The van der Waals surface area contributed by atoms with Gasteiger partial charge in [0, 0.05) is 0 Å². The van der Waals surface area contributed by atoms with Gasteiger partial charge in [-0.25, -0.2) is 0 Å². The van der Waals surface area contributed by atoms with Crippen molar-refractivity contribution >= 4 is 23.6 Å². The monoisotopic (exact) mass is 433 g/mol. The van der Waals surface area contributed by atoms with Crippen molar-refractivity contribution in [2.45, 2.75) is 17.5 Å². The van der Waals surface area contributed by atoms with E-state index in [1.54, 1.807) is 3.21 Å². The molecule has 0 aliphatic heterocycles. The number of aromatic nitrogens is 1. The normalized spacial score (nSPS) is 14.3. The predicted molar refractivity (Wildman–Crippen MR) is 92.5 cm³/mol. The molecule has 122 valence electrons. The molecule has 0 saturated carbocycles. The van der Waals surface area contributed by atoms with E-state index in [1.165, 1.54) is 25.4 Å². The third-order valence-electron chi connectivity index (χ3n) is 4.47. The smallest absolute Gasteiger partial charge is 1.00 e. The standard InChI is InChI=1S/C9H7.C8H6N.C3H6.2ClH.Zr/c1-2-5-9-7-3-6-8(9)4-1;1-2-4-8-7(3-1)5-6-9-8;1-3-2;;;/h1-7H;1-5,9H;1-2H3;2*1H;/q;;;;;+2/p-2. The minimum atomic E-state index is -1.94. The van der Waals surface area contributed by atoms with Crippen LogP contribution in [0.2, 0.25) is 0 Å². The molecule has 1 aliphatic carbocycles. The Hall–Kier alpha value is -0.947. The number of nitrogens with one attached hydrogen (secondary N) is 1. The number of fused-ring (bicyclic) bond motifs is 2. The largest absolute Gasteiger partial charge is 1.00 e. The maximum absolute atomic E-state index is 3.72. The maximum atomic E-state index is 3.72. The fourth-order valence-corrected chi connectivity index (χ4v) is 10.7. The Labute approximate surface area is 163 Å². The first-order valence-electron chi connectivity index (χ1n) is 7.76. The van der Waals surface area contributed by atoms with E-state index in [9.17, 15) is 0 Å². The van der Waals surface area contributed by atoms with Crippen LogP contribution in [-0.4, -0.2) is 8.19 Å². The third-order valence-corrected chi connectivity index (χ3v) is 12.0. The molecule has 2 aromatic carbocycles. The number of rotatable bonds is 2. The Kier molecular flexibility index (Phi) is 6.42. The van der Waals surface area contributed by atoms with Gasteiger partial charge in [-0.05, 0) is 0 Å². The number of para-hydroxylation sites is 1. The summed E-state index contributed by atoms with van der Waals surface area (Å²) in [4.78, 5) is 3.72. The molecule has 0 saturated heterocycles. The van der Waals surface area contributed by atoms with Gasteiger partial charge in [-0.2, -0.15) is 0 Å².